The fourth-order valence-corrected chi connectivity index (χ4v) is 4.34. The third-order valence-corrected chi connectivity index (χ3v) is 5.60. The predicted octanol–water partition coefficient (Wildman–Crippen LogP) is 0.439. The van der Waals surface area contributed by atoms with Gasteiger partial charge in [-0.1, -0.05) is 18.6 Å². The van der Waals surface area contributed by atoms with Gasteiger partial charge in [-0.25, -0.2) is 4.68 Å². The number of amides is 1. The predicted molar refractivity (Wildman–Crippen MR) is 92.6 cm³/mol. The Morgan fingerprint density at radius 3 is 3.00 bits per heavy atom. The van der Waals surface area contributed by atoms with Gasteiger partial charge in [0.15, 0.2) is 0 Å². The summed E-state index contributed by atoms with van der Waals surface area (Å²) in [6, 6.07) is 0.808. The van der Waals surface area contributed by atoms with Crippen LogP contribution >= 0.6 is 0 Å². The van der Waals surface area contributed by atoms with Gasteiger partial charge in [0.25, 0.3) is 0 Å². The molecule has 1 aromatic rings. The number of nitrogens with zero attached hydrogens (tertiary/aromatic N) is 3. The molecule has 3 aliphatic rings. The van der Waals surface area contributed by atoms with Gasteiger partial charge in [-0.3, -0.25) is 4.79 Å². The molecule has 24 heavy (non-hydrogen) atoms. The number of piperidine rings is 3. The van der Waals surface area contributed by atoms with E-state index in [1.54, 1.807) is 4.90 Å². The average molecular weight is 334 g/mol. The van der Waals surface area contributed by atoms with E-state index in [1.165, 1.54) is 25.8 Å². The van der Waals surface area contributed by atoms with Gasteiger partial charge in [-0.2, -0.15) is 0 Å². The van der Waals surface area contributed by atoms with Crippen LogP contribution in [-0.4, -0.2) is 46.1 Å². The highest BCUT2D eigenvalue weighted by atomic mass is 16.2. The molecule has 6 heteroatoms. The van der Waals surface area contributed by atoms with Crippen LogP contribution in [0.15, 0.2) is 6.20 Å². The normalized spacial score (nSPS) is 29.2. The fraction of sp³-hybridized carbons (Fsp3) is 0.833. The van der Waals surface area contributed by atoms with Crippen LogP contribution in [0.3, 0.4) is 0 Å². The molecule has 0 radical (unpaired) electrons. The maximum absolute atomic E-state index is 12.4. The summed E-state index contributed by atoms with van der Waals surface area (Å²) in [5.74, 6) is 0.992. The highest BCUT2D eigenvalue weighted by molar-refractivity contribution is 5.79. The lowest BCUT2D eigenvalue weighted by molar-refractivity contribution is -0.945. The van der Waals surface area contributed by atoms with Crippen molar-refractivity contribution in [2.45, 2.75) is 71.5 Å². The Morgan fingerprint density at radius 1 is 1.50 bits per heavy atom. The van der Waals surface area contributed by atoms with Crippen molar-refractivity contribution < 1.29 is 9.69 Å². The summed E-state index contributed by atoms with van der Waals surface area (Å²) in [5, 5.41) is 11.7. The highest BCUT2D eigenvalue weighted by Crippen LogP contribution is 2.27. The third kappa shape index (κ3) is 3.97. The molecule has 3 fully saturated rings. The fourth-order valence-electron chi connectivity index (χ4n) is 4.34. The minimum atomic E-state index is 0.197. The van der Waals surface area contributed by atoms with Gasteiger partial charge in [0.05, 0.1) is 31.2 Å². The smallest absolute Gasteiger partial charge is 0.229 e. The molecule has 0 saturated carbocycles. The summed E-state index contributed by atoms with van der Waals surface area (Å²) in [5.41, 5.74) is 1.11. The molecule has 1 aromatic heterocycles. The van der Waals surface area contributed by atoms with Crippen LogP contribution < -0.4 is 10.2 Å². The maximum Gasteiger partial charge on any atom is 0.229 e. The average Bonchev–Trinajstić information content (AvgIpc) is 3.00. The quantitative estimate of drug-likeness (QED) is 0.760. The molecule has 3 saturated heterocycles. The zero-order valence-electron chi connectivity index (χ0n) is 15.3. The van der Waals surface area contributed by atoms with Crippen molar-refractivity contribution in [2.24, 2.45) is 11.8 Å². The van der Waals surface area contributed by atoms with Crippen molar-refractivity contribution in [3.63, 3.8) is 0 Å². The number of carbonyl (C=O) groups is 1. The Hall–Kier alpha value is -1.43. The van der Waals surface area contributed by atoms with E-state index in [2.05, 4.69) is 28.7 Å². The third-order valence-electron chi connectivity index (χ3n) is 5.60. The zero-order chi connectivity index (χ0) is 17.1. The number of fused-ring (bicyclic) bond motifs is 3. The molecule has 134 valence electrons. The van der Waals surface area contributed by atoms with E-state index in [1.807, 2.05) is 18.5 Å². The van der Waals surface area contributed by atoms with Gasteiger partial charge in [0.1, 0.15) is 6.04 Å². The lowest BCUT2D eigenvalue weighted by atomic mass is 9.75. The first-order valence-electron chi connectivity index (χ1n) is 9.60. The number of aromatic nitrogens is 3. The number of aryl methyl sites for hydroxylation is 1. The van der Waals surface area contributed by atoms with Crippen LogP contribution in [0.1, 0.15) is 52.1 Å². The van der Waals surface area contributed by atoms with Crippen LogP contribution in [0, 0.1) is 11.8 Å². The van der Waals surface area contributed by atoms with Crippen LogP contribution in [-0.2, 0) is 17.8 Å². The Morgan fingerprint density at radius 2 is 2.33 bits per heavy atom. The zero-order valence-corrected chi connectivity index (χ0v) is 15.3. The van der Waals surface area contributed by atoms with E-state index in [0.29, 0.717) is 12.0 Å². The van der Waals surface area contributed by atoms with Gasteiger partial charge in [-0.05, 0) is 32.6 Å². The molecule has 4 rings (SSSR count). The number of nitrogens with one attached hydrogen (secondary N) is 2. The number of rotatable bonds is 7. The Kier molecular flexibility index (Phi) is 5.54. The second kappa shape index (κ2) is 7.64. The second-order valence-electron chi connectivity index (χ2n) is 7.90. The van der Waals surface area contributed by atoms with E-state index in [0.717, 1.165) is 31.6 Å². The van der Waals surface area contributed by atoms with E-state index in [-0.39, 0.29) is 17.9 Å². The van der Waals surface area contributed by atoms with E-state index < -0.39 is 0 Å². The molecule has 3 aliphatic heterocycles. The SMILES string of the molecule is CCCCc1cn(C[C@H]2C[C@@H]3CC[NH+]2C[C@@H]3C(=O)NC(C)C)nn1. The largest absolute Gasteiger partial charge is 0.353 e. The lowest BCUT2D eigenvalue weighted by Crippen LogP contribution is -3.20. The van der Waals surface area contributed by atoms with Crippen molar-refractivity contribution in [1.82, 2.24) is 20.3 Å². The van der Waals surface area contributed by atoms with Crippen LogP contribution in [0.25, 0.3) is 0 Å². The molecule has 2 N–H and O–H groups in total. The Balaban J connectivity index is 1.56. The lowest BCUT2D eigenvalue weighted by Gasteiger charge is -2.46. The summed E-state index contributed by atoms with van der Waals surface area (Å²) in [6.07, 6.45) is 7.82. The molecule has 2 bridgehead atoms. The minimum Gasteiger partial charge on any atom is -0.353 e. The molecule has 0 spiro atoms. The number of quaternary nitrogens is 1. The van der Waals surface area contributed by atoms with Crippen LogP contribution in [0.4, 0.5) is 0 Å². The molecule has 4 heterocycles. The molecule has 6 nitrogen and oxygen atoms in total. The maximum atomic E-state index is 12.4. The Bertz CT molecular complexity index is 555. The summed E-state index contributed by atoms with van der Waals surface area (Å²) in [7, 11) is 0. The minimum absolute atomic E-state index is 0.197. The van der Waals surface area contributed by atoms with Crippen LogP contribution in [0.5, 0.6) is 0 Å². The van der Waals surface area contributed by atoms with Gasteiger partial charge >= 0.3 is 0 Å². The van der Waals surface area contributed by atoms with E-state index >= 15 is 0 Å². The van der Waals surface area contributed by atoms with Gasteiger partial charge in [0.2, 0.25) is 5.91 Å². The molecule has 1 unspecified atom stereocenters. The van der Waals surface area contributed by atoms with Crippen molar-refractivity contribution >= 4 is 5.91 Å². The van der Waals surface area contributed by atoms with Crippen molar-refractivity contribution in [3.8, 4) is 0 Å². The van der Waals surface area contributed by atoms with Crippen molar-refractivity contribution in [3.05, 3.63) is 11.9 Å². The van der Waals surface area contributed by atoms with Crippen LogP contribution in [0.2, 0.25) is 0 Å². The number of unbranched alkanes of at least 4 members (excludes halogenated alkanes) is 1. The molecule has 4 atom stereocenters. The summed E-state index contributed by atoms with van der Waals surface area (Å²) < 4.78 is 2.02. The monoisotopic (exact) mass is 334 g/mol. The Labute approximate surface area is 145 Å². The molecule has 0 aromatic carbocycles. The number of hydrogen-bond acceptors (Lipinski definition) is 3. The van der Waals surface area contributed by atoms with E-state index in [9.17, 15) is 4.79 Å². The molecule has 0 aliphatic carbocycles. The number of carbonyl (C=O) groups excluding carboxylic acids is 1. The molecular weight excluding hydrogens is 302 g/mol. The topological polar surface area (TPSA) is 64.2 Å². The first kappa shape index (κ1) is 17.4. The van der Waals surface area contributed by atoms with Crippen molar-refractivity contribution in [1.29, 1.82) is 0 Å². The molecular formula is C18H32N5O+. The summed E-state index contributed by atoms with van der Waals surface area (Å²) in [6.45, 7) is 9.38. The molecule has 1 amide bonds. The van der Waals surface area contributed by atoms with E-state index in [4.69, 9.17) is 0 Å². The summed E-state index contributed by atoms with van der Waals surface area (Å²) in [4.78, 5) is 14.0. The standard InChI is InChI=1S/C18H31N5O/c1-4-5-6-15-10-23(21-20-15)11-16-9-14-7-8-22(16)12-17(14)18(24)19-13(2)3/h10,13-14,16-17H,4-9,11-12H2,1-3H3,(H,19,24)/p+1/t14-,16+,17-/m0/s1. The van der Waals surface area contributed by atoms with Gasteiger partial charge in [-0.15, -0.1) is 5.10 Å². The highest BCUT2D eigenvalue weighted by Gasteiger charge is 2.46. The van der Waals surface area contributed by atoms with Gasteiger partial charge < -0.3 is 10.2 Å². The first-order valence-corrected chi connectivity index (χ1v) is 9.60. The summed E-state index contributed by atoms with van der Waals surface area (Å²) >= 11 is 0. The van der Waals surface area contributed by atoms with Crippen molar-refractivity contribution in [2.75, 3.05) is 13.1 Å². The first-order chi connectivity index (χ1) is 11.6. The van der Waals surface area contributed by atoms with Gasteiger partial charge in [0, 0.05) is 25.1 Å². The number of hydrogen-bond donors (Lipinski definition) is 2. The second-order valence-corrected chi connectivity index (χ2v) is 7.90.